The number of carbonyl (C=O) groups is 1. The molecular weight excluding hydrogens is 168 g/mol. The minimum absolute atomic E-state index is 0.135. The summed E-state index contributed by atoms with van der Waals surface area (Å²) >= 11 is 0. The number of hydrogen-bond acceptors (Lipinski definition) is 3. The highest BCUT2D eigenvalue weighted by Gasteiger charge is 2.10. The third kappa shape index (κ3) is 9.14. The molecule has 78 valence electrons. The summed E-state index contributed by atoms with van der Waals surface area (Å²) in [6.07, 6.45) is 1.52. The van der Waals surface area contributed by atoms with E-state index in [9.17, 15) is 4.79 Å². The largest absolute Gasteiger partial charge is 0.449 e. The summed E-state index contributed by atoms with van der Waals surface area (Å²) < 4.78 is 4.87. The fourth-order valence-corrected chi connectivity index (χ4v) is 0.584. The van der Waals surface area contributed by atoms with E-state index in [-0.39, 0.29) is 5.54 Å². The van der Waals surface area contributed by atoms with Crippen molar-refractivity contribution in [3.63, 3.8) is 0 Å². The molecule has 0 bridgehead atoms. The normalized spacial score (nSPS) is 11.1. The van der Waals surface area contributed by atoms with E-state index >= 15 is 0 Å². The topological polar surface area (TPSA) is 50.4 Å². The quantitative estimate of drug-likeness (QED) is 0.522. The molecule has 0 saturated heterocycles. The second-order valence-corrected chi connectivity index (χ2v) is 3.99. The Morgan fingerprint density at radius 3 is 2.46 bits per heavy atom. The highest BCUT2D eigenvalue weighted by atomic mass is 16.6. The highest BCUT2D eigenvalue weighted by molar-refractivity contribution is 5.66. The minimum Gasteiger partial charge on any atom is -0.449 e. The molecule has 0 unspecified atom stereocenters. The molecule has 2 N–H and O–H groups in total. The molecule has 0 radical (unpaired) electrons. The van der Waals surface area contributed by atoms with Crippen molar-refractivity contribution < 1.29 is 9.53 Å². The summed E-state index contributed by atoms with van der Waals surface area (Å²) in [4.78, 5) is 11.0. The molecule has 0 aromatic rings. The molecule has 0 atom stereocenters. The van der Waals surface area contributed by atoms with Gasteiger partial charge in [-0.05, 0) is 27.2 Å². The predicted molar refractivity (Wildman–Crippen MR) is 52.3 cm³/mol. The summed E-state index contributed by atoms with van der Waals surface area (Å²) in [6, 6.07) is 0. The minimum atomic E-state index is -0.414. The van der Waals surface area contributed by atoms with E-state index in [4.69, 9.17) is 4.74 Å². The van der Waals surface area contributed by atoms with E-state index in [0.29, 0.717) is 6.61 Å². The number of nitrogens with one attached hydrogen (secondary N) is 2. The number of hydrogen-bond donors (Lipinski definition) is 2. The molecule has 0 aliphatic carbocycles. The highest BCUT2D eigenvalue weighted by Crippen LogP contribution is 1.95. The van der Waals surface area contributed by atoms with Crippen molar-refractivity contribution in [2.45, 2.75) is 46.1 Å². The Labute approximate surface area is 80.0 Å². The molecule has 1 amide bonds. The van der Waals surface area contributed by atoms with Crippen LogP contribution in [0, 0.1) is 0 Å². The average Bonchev–Trinajstić information content (AvgIpc) is 2.00. The van der Waals surface area contributed by atoms with Gasteiger partial charge in [0.2, 0.25) is 0 Å². The molecule has 0 aromatic heterocycles. The van der Waals surface area contributed by atoms with Gasteiger partial charge in [-0.1, -0.05) is 13.3 Å². The number of carbonyl (C=O) groups excluding carboxylic acids is 1. The Morgan fingerprint density at radius 2 is 2.00 bits per heavy atom. The van der Waals surface area contributed by atoms with Crippen molar-refractivity contribution in [3.05, 3.63) is 0 Å². The van der Waals surface area contributed by atoms with Gasteiger partial charge in [-0.3, -0.25) is 5.43 Å². The Morgan fingerprint density at radius 1 is 1.38 bits per heavy atom. The van der Waals surface area contributed by atoms with Crippen LogP contribution in [-0.2, 0) is 4.74 Å². The number of unbranched alkanes of at least 4 members (excludes halogenated alkanes) is 1. The lowest BCUT2D eigenvalue weighted by Gasteiger charge is -2.20. The second kappa shape index (κ2) is 5.80. The van der Waals surface area contributed by atoms with Gasteiger partial charge in [0.1, 0.15) is 0 Å². The third-order valence-electron chi connectivity index (χ3n) is 1.27. The summed E-state index contributed by atoms with van der Waals surface area (Å²) in [5, 5.41) is 0. The first kappa shape index (κ1) is 12.2. The first-order valence-corrected chi connectivity index (χ1v) is 4.65. The van der Waals surface area contributed by atoms with Crippen molar-refractivity contribution in [3.8, 4) is 0 Å². The number of ether oxygens (including phenoxy) is 1. The maximum Gasteiger partial charge on any atom is 0.421 e. The zero-order chi connectivity index (χ0) is 10.3. The van der Waals surface area contributed by atoms with E-state index in [1.165, 1.54) is 0 Å². The summed E-state index contributed by atoms with van der Waals surface area (Å²) in [5.41, 5.74) is 5.16. The smallest absolute Gasteiger partial charge is 0.421 e. The standard InChI is InChI=1S/C9H20N2O2/c1-5-6-7-13-8(12)10-11-9(2,3)4/h11H,5-7H2,1-4H3,(H,10,12). The summed E-state index contributed by atoms with van der Waals surface area (Å²) in [7, 11) is 0. The number of hydrazine groups is 1. The van der Waals surface area contributed by atoms with Crippen molar-refractivity contribution in [1.29, 1.82) is 0 Å². The van der Waals surface area contributed by atoms with E-state index < -0.39 is 6.09 Å². The Hall–Kier alpha value is -0.770. The average molecular weight is 188 g/mol. The zero-order valence-electron chi connectivity index (χ0n) is 8.94. The molecule has 0 aliphatic rings. The van der Waals surface area contributed by atoms with Crippen LogP contribution in [0.25, 0.3) is 0 Å². The Balaban J connectivity index is 3.41. The molecule has 13 heavy (non-hydrogen) atoms. The van der Waals surface area contributed by atoms with E-state index in [1.54, 1.807) is 0 Å². The van der Waals surface area contributed by atoms with Crippen LogP contribution in [0.5, 0.6) is 0 Å². The van der Waals surface area contributed by atoms with Crippen LogP contribution in [0.4, 0.5) is 4.79 Å². The number of amides is 1. The predicted octanol–water partition coefficient (Wildman–Crippen LogP) is 1.82. The van der Waals surface area contributed by atoms with Gasteiger partial charge in [-0.2, -0.15) is 0 Å². The molecule has 4 heteroatoms. The van der Waals surface area contributed by atoms with Crippen LogP contribution in [0.3, 0.4) is 0 Å². The van der Waals surface area contributed by atoms with Gasteiger partial charge in [-0.25, -0.2) is 10.2 Å². The zero-order valence-corrected chi connectivity index (χ0v) is 8.94. The van der Waals surface area contributed by atoms with Gasteiger partial charge in [0, 0.05) is 5.54 Å². The number of rotatable bonds is 4. The molecule has 0 spiro atoms. The van der Waals surface area contributed by atoms with Gasteiger partial charge in [0.25, 0.3) is 0 Å². The molecule has 0 heterocycles. The summed E-state index contributed by atoms with van der Waals surface area (Å²) in [5.74, 6) is 0. The Kier molecular flexibility index (Phi) is 5.46. The molecule has 0 fully saturated rings. The molecule has 0 aromatic carbocycles. The fourth-order valence-electron chi connectivity index (χ4n) is 0.584. The van der Waals surface area contributed by atoms with Crippen molar-refractivity contribution in [1.82, 2.24) is 10.9 Å². The monoisotopic (exact) mass is 188 g/mol. The SMILES string of the molecule is CCCCOC(=O)NNC(C)(C)C. The van der Waals surface area contributed by atoms with Gasteiger partial charge < -0.3 is 4.74 Å². The van der Waals surface area contributed by atoms with Crippen LogP contribution in [0.2, 0.25) is 0 Å². The lowest BCUT2D eigenvalue weighted by atomic mass is 10.1. The van der Waals surface area contributed by atoms with Crippen molar-refractivity contribution in [2.75, 3.05) is 6.61 Å². The lowest BCUT2D eigenvalue weighted by Crippen LogP contribution is -2.48. The van der Waals surface area contributed by atoms with Gasteiger partial charge in [-0.15, -0.1) is 0 Å². The van der Waals surface area contributed by atoms with Gasteiger partial charge in [0.15, 0.2) is 0 Å². The van der Waals surface area contributed by atoms with E-state index in [2.05, 4.69) is 17.8 Å². The van der Waals surface area contributed by atoms with Crippen molar-refractivity contribution >= 4 is 6.09 Å². The van der Waals surface area contributed by atoms with E-state index in [1.807, 2.05) is 20.8 Å². The lowest BCUT2D eigenvalue weighted by molar-refractivity contribution is 0.134. The molecule has 0 rings (SSSR count). The molecular formula is C9H20N2O2. The van der Waals surface area contributed by atoms with Gasteiger partial charge >= 0.3 is 6.09 Å². The van der Waals surface area contributed by atoms with Crippen LogP contribution in [0.15, 0.2) is 0 Å². The first-order valence-electron chi connectivity index (χ1n) is 4.65. The van der Waals surface area contributed by atoms with E-state index in [0.717, 1.165) is 12.8 Å². The van der Waals surface area contributed by atoms with Crippen LogP contribution < -0.4 is 10.9 Å². The third-order valence-corrected chi connectivity index (χ3v) is 1.27. The van der Waals surface area contributed by atoms with Crippen LogP contribution in [0.1, 0.15) is 40.5 Å². The Bertz CT molecular complexity index is 152. The summed E-state index contributed by atoms with van der Waals surface area (Å²) in [6.45, 7) is 8.40. The molecule has 0 aliphatic heterocycles. The van der Waals surface area contributed by atoms with Gasteiger partial charge in [0.05, 0.1) is 6.61 Å². The van der Waals surface area contributed by atoms with Crippen molar-refractivity contribution in [2.24, 2.45) is 0 Å². The molecule has 4 nitrogen and oxygen atoms in total. The van der Waals surface area contributed by atoms with Crippen LogP contribution in [-0.4, -0.2) is 18.2 Å². The maximum atomic E-state index is 11.0. The fraction of sp³-hybridized carbons (Fsp3) is 0.889. The van der Waals surface area contributed by atoms with Crippen LogP contribution >= 0.6 is 0 Å². The molecule has 0 saturated carbocycles. The second-order valence-electron chi connectivity index (χ2n) is 3.99. The first-order chi connectivity index (χ1) is 5.95. The maximum absolute atomic E-state index is 11.0.